The SMILES string of the molecule is CNc1cc(C(=O)NCC2CCCS2)nc2ccccc12. The number of anilines is 1. The van der Waals surface area contributed by atoms with Gasteiger partial charge in [-0.15, -0.1) is 0 Å². The van der Waals surface area contributed by atoms with Crippen LogP contribution < -0.4 is 10.6 Å². The van der Waals surface area contributed by atoms with Crippen LogP contribution in [0.1, 0.15) is 23.3 Å². The summed E-state index contributed by atoms with van der Waals surface area (Å²) in [5.41, 5.74) is 2.24. The molecule has 0 bridgehead atoms. The van der Waals surface area contributed by atoms with E-state index in [-0.39, 0.29) is 5.91 Å². The topological polar surface area (TPSA) is 54.0 Å². The fraction of sp³-hybridized carbons (Fsp3) is 0.375. The van der Waals surface area contributed by atoms with Crippen molar-refractivity contribution in [1.29, 1.82) is 0 Å². The van der Waals surface area contributed by atoms with Crippen LogP contribution >= 0.6 is 11.8 Å². The van der Waals surface area contributed by atoms with Crippen LogP contribution in [0.2, 0.25) is 0 Å². The van der Waals surface area contributed by atoms with Crippen molar-refractivity contribution in [2.75, 3.05) is 24.7 Å². The molecule has 1 aromatic heterocycles. The first-order chi connectivity index (χ1) is 10.3. The molecule has 5 heteroatoms. The number of thioether (sulfide) groups is 1. The normalized spacial score (nSPS) is 17.9. The minimum Gasteiger partial charge on any atom is -0.388 e. The third kappa shape index (κ3) is 3.13. The molecule has 3 rings (SSSR count). The van der Waals surface area contributed by atoms with Gasteiger partial charge in [-0.3, -0.25) is 4.79 Å². The van der Waals surface area contributed by atoms with Crippen LogP contribution in [0.5, 0.6) is 0 Å². The highest BCUT2D eigenvalue weighted by Gasteiger charge is 2.17. The molecule has 1 aliphatic rings. The van der Waals surface area contributed by atoms with E-state index >= 15 is 0 Å². The number of hydrogen-bond donors (Lipinski definition) is 2. The average molecular weight is 301 g/mol. The van der Waals surface area contributed by atoms with Crippen molar-refractivity contribution in [2.24, 2.45) is 0 Å². The van der Waals surface area contributed by atoms with Gasteiger partial charge in [0, 0.05) is 29.9 Å². The molecular formula is C16H19N3OS. The van der Waals surface area contributed by atoms with Crippen LogP contribution in [0, 0.1) is 0 Å². The fourth-order valence-corrected chi connectivity index (χ4v) is 3.80. The van der Waals surface area contributed by atoms with Crippen molar-refractivity contribution in [3.05, 3.63) is 36.0 Å². The predicted molar refractivity (Wildman–Crippen MR) is 89.1 cm³/mol. The number of carbonyl (C=O) groups is 1. The number of hydrogen-bond acceptors (Lipinski definition) is 4. The highest BCUT2D eigenvalue weighted by Crippen LogP contribution is 2.25. The van der Waals surface area contributed by atoms with Gasteiger partial charge in [-0.25, -0.2) is 4.98 Å². The van der Waals surface area contributed by atoms with E-state index in [0.29, 0.717) is 10.9 Å². The Hall–Kier alpha value is -1.75. The van der Waals surface area contributed by atoms with E-state index in [1.54, 1.807) is 0 Å². The Bertz CT molecular complexity index is 653. The first-order valence-electron chi connectivity index (χ1n) is 7.25. The van der Waals surface area contributed by atoms with Gasteiger partial charge in [-0.05, 0) is 30.7 Å². The van der Waals surface area contributed by atoms with E-state index in [2.05, 4.69) is 15.6 Å². The largest absolute Gasteiger partial charge is 0.388 e. The molecule has 1 saturated heterocycles. The maximum atomic E-state index is 12.3. The Balaban J connectivity index is 1.80. The Morgan fingerprint density at radius 2 is 2.29 bits per heavy atom. The quantitative estimate of drug-likeness (QED) is 0.912. The lowest BCUT2D eigenvalue weighted by Crippen LogP contribution is -2.30. The van der Waals surface area contributed by atoms with Gasteiger partial charge < -0.3 is 10.6 Å². The number of carbonyl (C=O) groups excluding carboxylic acids is 1. The van der Waals surface area contributed by atoms with Gasteiger partial charge in [-0.2, -0.15) is 11.8 Å². The molecule has 0 radical (unpaired) electrons. The summed E-state index contributed by atoms with van der Waals surface area (Å²) in [5, 5.41) is 7.73. The van der Waals surface area contributed by atoms with Crippen molar-refractivity contribution >= 4 is 34.3 Å². The van der Waals surface area contributed by atoms with Crippen LogP contribution in [0.4, 0.5) is 5.69 Å². The second-order valence-electron chi connectivity index (χ2n) is 5.17. The number of fused-ring (bicyclic) bond motifs is 1. The van der Waals surface area contributed by atoms with Crippen LogP contribution in [0.3, 0.4) is 0 Å². The van der Waals surface area contributed by atoms with Crippen molar-refractivity contribution in [2.45, 2.75) is 18.1 Å². The molecule has 0 spiro atoms. The van der Waals surface area contributed by atoms with Gasteiger partial charge in [0.2, 0.25) is 0 Å². The number of pyridine rings is 1. The summed E-state index contributed by atoms with van der Waals surface area (Å²) < 4.78 is 0. The molecule has 1 unspecified atom stereocenters. The molecular weight excluding hydrogens is 282 g/mol. The number of benzene rings is 1. The fourth-order valence-electron chi connectivity index (χ4n) is 2.60. The zero-order valence-electron chi connectivity index (χ0n) is 12.1. The van der Waals surface area contributed by atoms with Crippen LogP contribution in [-0.2, 0) is 0 Å². The Labute approximate surface area is 128 Å². The summed E-state index contributed by atoms with van der Waals surface area (Å²) in [6.45, 7) is 0.729. The molecule has 4 nitrogen and oxygen atoms in total. The molecule has 0 aliphatic carbocycles. The van der Waals surface area contributed by atoms with Crippen LogP contribution in [0.15, 0.2) is 30.3 Å². The summed E-state index contributed by atoms with van der Waals surface area (Å²) in [7, 11) is 1.86. The molecule has 2 N–H and O–H groups in total. The first kappa shape index (κ1) is 14.2. The van der Waals surface area contributed by atoms with Crippen molar-refractivity contribution < 1.29 is 4.79 Å². The summed E-state index contributed by atoms with van der Waals surface area (Å²) in [4.78, 5) is 16.8. The molecule has 1 aliphatic heterocycles. The minimum absolute atomic E-state index is 0.0928. The lowest BCUT2D eigenvalue weighted by Gasteiger charge is -2.12. The van der Waals surface area contributed by atoms with Gasteiger partial charge in [-0.1, -0.05) is 18.2 Å². The molecule has 2 aromatic rings. The van der Waals surface area contributed by atoms with Gasteiger partial charge >= 0.3 is 0 Å². The lowest BCUT2D eigenvalue weighted by atomic mass is 10.1. The third-order valence-corrected chi connectivity index (χ3v) is 5.13. The van der Waals surface area contributed by atoms with Crippen molar-refractivity contribution in [3.63, 3.8) is 0 Å². The molecule has 1 amide bonds. The van der Waals surface area contributed by atoms with E-state index in [4.69, 9.17) is 0 Å². The average Bonchev–Trinajstić information content (AvgIpc) is 3.04. The molecule has 0 saturated carbocycles. The maximum absolute atomic E-state index is 12.3. The first-order valence-corrected chi connectivity index (χ1v) is 8.30. The zero-order chi connectivity index (χ0) is 14.7. The van der Waals surface area contributed by atoms with Crippen molar-refractivity contribution in [1.82, 2.24) is 10.3 Å². The monoisotopic (exact) mass is 301 g/mol. The number of para-hydroxylation sites is 1. The standard InChI is InChI=1S/C16H19N3OS/c1-17-14-9-15(19-13-7-3-2-6-12(13)14)16(20)18-10-11-5-4-8-21-11/h2-3,6-7,9,11H,4-5,8,10H2,1H3,(H,17,19)(H,18,20). The Morgan fingerprint density at radius 3 is 3.05 bits per heavy atom. The number of rotatable bonds is 4. The van der Waals surface area contributed by atoms with E-state index < -0.39 is 0 Å². The number of nitrogens with one attached hydrogen (secondary N) is 2. The molecule has 2 heterocycles. The van der Waals surface area contributed by atoms with Gasteiger partial charge in [0.05, 0.1) is 5.52 Å². The highest BCUT2D eigenvalue weighted by atomic mass is 32.2. The summed E-state index contributed by atoms with van der Waals surface area (Å²) in [6.07, 6.45) is 2.45. The molecule has 1 fully saturated rings. The van der Waals surface area contributed by atoms with E-state index in [9.17, 15) is 4.79 Å². The second-order valence-corrected chi connectivity index (χ2v) is 6.58. The van der Waals surface area contributed by atoms with Gasteiger partial charge in [0.15, 0.2) is 0 Å². The molecule has 1 aromatic carbocycles. The maximum Gasteiger partial charge on any atom is 0.270 e. The van der Waals surface area contributed by atoms with E-state index in [1.807, 2.05) is 49.1 Å². The number of nitrogens with zero attached hydrogens (tertiary/aromatic N) is 1. The van der Waals surface area contributed by atoms with Gasteiger partial charge in [0.1, 0.15) is 5.69 Å². The van der Waals surface area contributed by atoms with Crippen LogP contribution in [-0.4, -0.2) is 35.5 Å². The minimum atomic E-state index is -0.0928. The predicted octanol–water partition coefficient (Wildman–Crippen LogP) is 2.90. The second kappa shape index (κ2) is 6.35. The number of aromatic nitrogens is 1. The molecule has 1 atom stereocenters. The summed E-state index contributed by atoms with van der Waals surface area (Å²) in [6, 6.07) is 9.66. The zero-order valence-corrected chi connectivity index (χ0v) is 12.9. The highest BCUT2D eigenvalue weighted by molar-refractivity contribution is 8.00. The Morgan fingerprint density at radius 1 is 1.43 bits per heavy atom. The summed E-state index contributed by atoms with van der Waals surface area (Å²) >= 11 is 1.94. The molecule has 110 valence electrons. The van der Waals surface area contributed by atoms with Gasteiger partial charge in [0.25, 0.3) is 5.91 Å². The summed E-state index contributed by atoms with van der Waals surface area (Å²) in [5.74, 6) is 1.11. The van der Waals surface area contributed by atoms with E-state index in [0.717, 1.165) is 23.1 Å². The smallest absolute Gasteiger partial charge is 0.270 e. The van der Waals surface area contributed by atoms with Crippen molar-refractivity contribution in [3.8, 4) is 0 Å². The Kier molecular flexibility index (Phi) is 4.29. The number of amides is 1. The third-order valence-electron chi connectivity index (χ3n) is 3.73. The van der Waals surface area contributed by atoms with E-state index in [1.165, 1.54) is 18.6 Å². The molecule has 21 heavy (non-hydrogen) atoms. The van der Waals surface area contributed by atoms with Crippen LogP contribution in [0.25, 0.3) is 10.9 Å². The lowest BCUT2D eigenvalue weighted by molar-refractivity contribution is 0.0949.